The monoisotopic (exact) mass is 349 g/mol. The number of carbonyl (C=O) groups excluding carboxylic acids is 1. The van der Waals surface area contributed by atoms with Crippen LogP contribution in [-0.2, 0) is 6.18 Å². The van der Waals surface area contributed by atoms with E-state index in [1.165, 1.54) is 12.1 Å². The van der Waals surface area contributed by atoms with Gasteiger partial charge in [-0.2, -0.15) is 13.2 Å². The van der Waals surface area contributed by atoms with E-state index in [4.69, 9.17) is 0 Å². The van der Waals surface area contributed by atoms with Crippen molar-refractivity contribution in [2.24, 2.45) is 5.92 Å². The van der Waals surface area contributed by atoms with Crippen molar-refractivity contribution in [2.75, 3.05) is 13.1 Å². The minimum Gasteiger partial charge on any atom is -0.338 e. The van der Waals surface area contributed by atoms with Gasteiger partial charge in [-0.25, -0.2) is 0 Å². The van der Waals surface area contributed by atoms with Gasteiger partial charge in [-0.1, -0.05) is 22.9 Å². The standard InChI is InChI=1S/C14H15BrF3NO/c1-9-6-7-19(8-12(9)15)13(20)10-2-4-11(5-3-10)14(16,17)18/h2-5,9,12H,6-8H2,1H3. The van der Waals surface area contributed by atoms with Crippen molar-refractivity contribution in [2.45, 2.75) is 24.3 Å². The molecule has 6 heteroatoms. The summed E-state index contributed by atoms with van der Waals surface area (Å²) in [5, 5.41) is 0. The molecule has 0 N–H and O–H groups in total. The van der Waals surface area contributed by atoms with Gasteiger partial charge in [0.2, 0.25) is 0 Å². The topological polar surface area (TPSA) is 20.3 Å². The number of amides is 1. The van der Waals surface area contributed by atoms with Gasteiger partial charge < -0.3 is 4.90 Å². The van der Waals surface area contributed by atoms with Crippen LogP contribution in [0, 0.1) is 5.92 Å². The van der Waals surface area contributed by atoms with Gasteiger partial charge in [0, 0.05) is 23.5 Å². The van der Waals surface area contributed by atoms with Gasteiger partial charge in [0.25, 0.3) is 5.91 Å². The number of nitrogens with zero attached hydrogens (tertiary/aromatic N) is 1. The first-order valence-corrected chi connectivity index (χ1v) is 7.31. The summed E-state index contributed by atoms with van der Waals surface area (Å²) >= 11 is 3.53. The summed E-state index contributed by atoms with van der Waals surface area (Å²) < 4.78 is 37.4. The largest absolute Gasteiger partial charge is 0.416 e. The number of rotatable bonds is 1. The molecule has 1 aliphatic rings. The average molecular weight is 350 g/mol. The predicted molar refractivity (Wildman–Crippen MR) is 73.8 cm³/mol. The lowest BCUT2D eigenvalue weighted by atomic mass is 9.98. The van der Waals surface area contributed by atoms with E-state index < -0.39 is 11.7 Å². The van der Waals surface area contributed by atoms with Crippen molar-refractivity contribution in [3.8, 4) is 0 Å². The molecule has 1 heterocycles. The highest BCUT2D eigenvalue weighted by Gasteiger charge is 2.31. The third kappa shape index (κ3) is 3.34. The van der Waals surface area contributed by atoms with Crippen molar-refractivity contribution in [1.29, 1.82) is 0 Å². The predicted octanol–water partition coefficient (Wildman–Crippen LogP) is 3.95. The maximum absolute atomic E-state index is 12.5. The van der Waals surface area contributed by atoms with Gasteiger partial charge in [0.1, 0.15) is 0 Å². The Hall–Kier alpha value is -1.04. The molecule has 1 aromatic rings. The highest BCUT2D eigenvalue weighted by Crippen LogP contribution is 2.29. The zero-order valence-corrected chi connectivity index (χ0v) is 12.5. The van der Waals surface area contributed by atoms with E-state index in [0.29, 0.717) is 24.6 Å². The van der Waals surface area contributed by atoms with Crippen molar-refractivity contribution in [3.63, 3.8) is 0 Å². The minimum atomic E-state index is -4.37. The molecule has 1 fully saturated rings. The zero-order chi connectivity index (χ0) is 14.9. The molecule has 2 rings (SSSR count). The lowest BCUT2D eigenvalue weighted by Gasteiger charge is -2.34. The maximum atomic E-state index is 12.5. The van der Waals surface area contributed by atoms with Gasteiger partial charge in [0.15, 0.2) is 0 Å². The van der Waals surface area contributed by atoms with Crippen molar-refractivity contribution >= 4 is 21.8 Å². The summed E-state index contributed by atoms with van der Waals surface area (Å²) in [5.74, 6) is 0.279. The van der Waals surface area contributed by atoms with Gasteiger partial charge >= 0.3 is 6.18 Å². The number of hydrogen-bond acceptors (Lipinski definition) is 1. The van der Waals surface area contributed by atoms with Crippen LogP contribution < -0.4 is 0 Å². The number of carbonyl (C=O) groups is 1. The van der Waals surface area contributed by atoms with E-state index in [9.17, 15) is 18.0 Å². The van der Waals surface area contributed by atoms with Gasteiger partial charge in [-0.3, -0.25) is 4.79 Å². The quantitative estimate of drug-likeness (QED) is 0.703. The summed E-state index contributed by atoms with van der Waals surface area (Å²) in [6, 6.07) is 4.38. The number of halogens is 4. The normalized spacial score (nSPS) is 23.8. The fourth-order valence-corrected chi connectivity index (χ4v) is 2.80. The van der Waals surface area contributed by atoms with Gasteiger partial charge in [-0.05, 0) is 36.6 Å². The molecule has 0 radical (unpaired) electrons. The molecule has 0 bridgehead atoms. The molecular weight excluding hydrogens is 335 g/mol. The first kappa shape index (κ1) is 15.4. The average Bonchev–Trinajstić information content (AvgIpc) is 2.40. The summed E-state index contributed by atoms with van der Waals surface area (Å²) in [4.78, 5) is 14.2. The van der Waals surface area contributed by atoms with Crippen molar-refractivity contribution in [1.82, 2.24) is 4.90 Å². The molecule has 2 nitrogen and oxygen atoms in total. The van der Waals surface area contributed by atoms with E-state index in [1.807, 2.05) is 0 Å². The van der Waals surface area contributed by atoms with Crippen LogP contribution in [0.3, 0.4) is 0 Å². The van der Waals surface area contributed by atoms with Crippen LogP contribution in [0.2, 0.25) is 0 Å². The Morgan fingerprint density at radius 2 is 1.90 bits per heavy atom. The van der Waals surface area contributed by atoms with Gasteiger partial charge in [0.05, 0.1) is 5.56 Å². The highest BCUT2D eigenvalue weighted by atomic mass is 79.9. The molecule has 1 saturated heterocycles. The Morgan fingerprint density at radius 3 is 2.40 bits per heavy atom. The molecule has 0 saturated carbocycles. The maximum Gasteiger partial charge on any atom is 0.416 e. The fourth-order valence-electron chi connectivity index (χ4n) is 2.19. The third-order valence-corrected chi connectivity index (χ3v) is 4.81. The molecule has 0 aliphatic carbocycles. The molecule has 0 spiro atoms. The molecule has 1 aliphatic heterocycles. The van der Waals surface area contributed by atoms with Crippen LogP contribution in [0.5, 0.6) is 0 Å². The number of benzene rings is 1. The summed E-state index contributed by atoms with van der Waals surface area (Å²) in [7, 11) is 0. The van der Waals surface area contributed by atoms with E-state index >= 15 is 0 Å². The van der Waals surface area contributed by atoms with Crippen LogP contribution >= 0.6 is 15.9 Å². The fraction of sp³-hybridized carbons (Fsp3) is 0.500. The van der Waals surface area contributed by atoms with Crippen LogP contribution in [0.25, 0.3) is 0 Å². The number of likely N-dealkylation sites (tertiary alicyclic amines) is 1. The smallest absolute Gasteiger partial charge is 0.338 e. The highest BCUT2D eigenvalue weighted by molar-refractivity contribution is 9.09. The number of hydrogen-bond donors (Lipinski definition) is 0. The summed E-state index contributed by atoms with van der Waals surface area (Å²) in [5.41, 5.74) is -0.438. The van der Waals surface area contributed by atoms with Crippen LogP contribution in [-0.4, -0.2) is 28.7 Å². The number of piperidine rings is 1. The Morgan fingerprint density at radius 1 is 1.30 bits per heavy atom. The van der Waals surface area contributed by atoms with E-state index in [0.717, 1.165) is 18.6 Å². The second-order valence-electron chi connectivity index (χ2n) is 5.11. The van der Waals surface area contributed by atoms with E-state index in [2.05, 4.69) is 22.9 Å². The SMILES string of the molecule is CC1CCN(C(=O)c2ccc(C(F)(F)F)cc2)CC1Br. The second-order valence-corrected chi connectivity index (χ2v) is 6.28. The van der Waals surface area contributed by atoms with Crippen LogP contribution in [0.1, 0.15) is 29.3 Å². The van der Waals surface area contributed by atoms with E-state index in [1.54, 1.807) is 4.90 Å². The first-order valence-electron chi connectivity index (χ1n) is 6.39. The molecule has 2 atom stereocenters. The van der Waals surface area contributed by atoms with Crippen LogP contribution in [0.15, 0.2) is 24.3 Å². The first-order chi connectivity index (χ1) is 9.29. The molecule has 1 amide bonds. The molecule has 1 aromatic carbocycles. The Bertz CT molecular complexity index is 486. The lowest BCUT2D eigenvalue weighted by Crippen LogP contribution is -2.43. The molecule has 110 valence electrons. The summed E-state index contributed by atoms with van der Waals surface area (Å²) in [6.07, 6.45) is -3.48. The van der Waals surface area contributed by atoms with Crippen molar-refractivity contribution < 1.29 is 18.0 Å². The Balaban J connectivity index is 2.10. The molecule has 2 unspecified atom stereocenters. The second kappa shape index (κ2) is 5.76. The molecule has 20 heavy (non-hydrogen) atoms. The van der Waals surface area contributed by atoms with Crippen LogP contribution in [0.4, 0.5) is 13.2 Å². The Labute approximate surface area is 124 Å². The molecular formula is C14H15BrF3NO. The van der Waals surface area contributed by atoms with E-state index in [-0.39, 0.29) is 10.7 Å². The summed E-state index contributed by atoms with van der Waals surface area (Å²) in [6.45, 7) is 3.34. The third-order valence-electron chi connectivity index (χ3n) is 3.61. The Kier molecular flexibility index (Phi) is 4.42. The lowest BCUT2D eigenvalue weighted by molar-refractivity contribution is -0.137. The zero-order valence-electron chi connectivity index (χ0n) is 11.0. The van der Waals surface area contributed by atoms with Crippen molar-refractivity contribution in [3.05, 3.63) is 35.4 Å². The van der Waals surface area contributed by atoms with Gasteiger partial charge in [-0.15, -0.1) is 0 Å². The molecule has 0 aromatic heterocycles. The number of alkyl halides is 4. The minimum absolute atomic E-state index is 0.213.